The smallest absolute Gasteiger partial charge is 0.351 e. The third kappa shape index (κ3) is 4.70. The van der Waals surface area contributed by atoms with E-state index in [1.165, 1.54) is 18.4 Å². The van der Waals surface area contributed by atoms with Crippen molar-refractivity contribution in [3.63, 3.8) is 0 Å². The van der Waals surface area contributed by atoms with Crippen molar-refractivity contribution in [2.24, 2.45) is 0 Å². The SMILES string of the molecule is CCCOc1c(C(=O)OC)sc2ccc(NC(=O)NC[C@@H]3CCCO3)cc12. The van der Waals surface area contributed by atoms with Gasteiger partial charge in [-0.15, -0.1) is 11.3 Å². The van der Waals surface area contributed by atoms with Crippen molar-refractivity contribution >= 4 is 39.1 Å². The molecular weight excluding hydrogens is 368 g/mol. The van der Waals surface area contributed by atoms with Crippen LogP contribution in [0.15, 0.2) is 18.2 Å². The lowest BCUT2D eigenvalue weighted by atomic mass is 10.2. The number of benzene rings is 1. The van der Waals surface area contributed by atoms with Gasteiger partial charge in [-0.1, -0.05) is 6.92 Å². The molecular formula is C19H24N2O5S. The number of nitrogens with one attached hydrogen (secondary N) is 2. The summed E-state index contributed by atoms with van der Waals surface area (Å²) in [5.74, 6) is 0.0817. The summed E-state index contributed by atoms with van der Waals surface area (Å²) in [7, 11) is 1.35. The number of methoxy groups -OCH3 is 1. The molecule has 1 aromatic heterocycles. The highest BCUT2D eigenvalue weighted by atomic mass is 32.1. The number of esters is 1. The Morgan fingerprint density at radius 3 is 2.93 bits per heavy atom. The van der Waals surface area contributed by atoms with Crippen LogP contribution >= 0.6 is 11.3 Å². The molecule has 0 spiro atoms. The Balaban J connectivity index is 1.76. The predicted molar refractivity (Wildman–Crippen MR) is 105 cm³/mol. The van der Waals surface area contributed by atoms with Crippen LogP contribution in [-0.2, 0) is 9.47 Å². The van der Waals surface area contributed by atoms with Crippen molar-refractivity contribution in [3.8, 4) is 5.75 Å². The second-order valence-corrected chi connectivity index (χ2v) is 7.33. The fourth-order valence-electron chi connectivity index (χ4n) is 2.91. The van der Waals surface area contributed by atoms with Gasteiger partial charge in [0.2, 0.25) is 0 Å². The molecule has 1 aliphatic heterocycles. The standard InChI is InChI=1S/C19H24N2O5S/c1-3-8-26-16-14-10-12(6-7-15(14)27-17(16)18(22)24-2)21-19(23)20-11-13-5-4-9-25-13/h6-7,10,13H,3-5,8-9,11H2,1-2H3,(H2,20,21,23)/t13-/m0/s1. The summed E-state index contributed by atoms with van der Waals surface area (Å²) in [5, 5.41) is 6.43. The number of thiophene rings is 1. The average molecular weight is 392 g/mol. The molecule has 2 aromatic rings. The van der Waals surface area contributed by atoms with E-state index in [1.807, 2.05) is 19.1 Å². The second-order valence-electron chi connectivity index (χ2n) is 6.28. The maximum absolute atomic E-state index is 12.1. The van der Waals surface area contributed by atoms with Crippen LogP contribution < -0.4 is 15.4 Å². The van der Waals surface area contributed by atoms with Gasteiger partial charge in [0.25, 0.3) is 0 Å². The molecule has 1 atom stereocenters. The van der Waals surface area contributed by atoms with E-state index in [1.54, 1.807) is 6.07 Å². The first-order chi connectivity index (χ1) is 13.1. The zero-order valence-electron chi connectivity index (χ0n) is 15.5. The number of carbonyl (C=O) groups is 2. The summed E-state index contributed by atoms with van der Waals surface area (Å²) in [6.07, 6.45) is 2.91. The van der Waals surface area contributed by atoms with Gasteiger partial charge in [0.15, 0.2) is 10.6 Å². The molecule has 0 saturated carbocycles. The molecule has 8 heteroatoms. The molecule has 27 heavy (non-hydrogen) atoms. The van der Waals surface area contributed by atoms with Crippen molar-refractivity contribution in [2.45, 2.75) is 32.3 Å². The maximum Gasteiger partial charge on any atom is 0.351 e. The Morgan fingerprint density at radius 1 is 1.37 bits per heavy atom. The number of rotatable bonds is 7. The quantitative estimate of drug-likeness (QED) is 0.701. The monoisotopic (exact) mass is 392 g/mol. The normalized spacial score (nSPS) is 16.3. The van der Waals surface area contributed by atoms with Gasteiger partial charge in [0, 0.05) is 28.9 Å². The summed E-state index contributed by atoms with van der Waals surface area (Å²) < 4.78 is 17.1. The summed E-state index contributed by atoms with van der Waals surface area (Å²) in [5.41, 5.74) is 0.628. The van der Waals surface area contributed by atoms with Gasteiger partial charge >= 0.3 is 12.0 Å². The molecule has 2 amide bonds. The molecule has 146 valence electrons. The molecule has 1 aliphatic rings. The lowest BCUT2D eigenvalue weighted by Gasteiger charge is -2.12. The molecule has 0 radical (unpaired) electrons. The highest BCUT2D eigenvalue weighted by molar-refractivity contribution is 7.21. The number of hydrogen-bond acceptors (Lipinski definition) is 6. The van der Waals surface area contributed by atoms with Gasteiger partial charge in [0.05, 0.1) is 19.8 Å². The number of ether oxygens (including phenoxy) is 3. The zero-order chi connectivity index (χ0) is 19.2. The average Bonchev–Trinajstić information content (AvgIpc) is 3.31. The van der Waals surface area contributed by atoms with Crippen molar-refractivity contribution in [1.82, 2.24) is 5.32 Å². The first-order valence-electron chi connectivity index (χ1n) is 9.06. The number of carbonyl (C=O) groups excluding carboxylic acids is 2. The summed E-state index contributed by atoms with van der Waals surface area (Å²) in [6, 6.07) is 5.19. The minimum atomic E-state index is -0.425. The van der Waals surface area contributed by atoms with Crippen molar-refractivity contribution < 1.29 is 23.8 Å². The van der Waals surface area contributed by atoms with Gasteiger partial charge < -0.3 is 24.8 Å². The van der Waals surface area contributed by atoms with Gasteiger partial charge in [-0.05, 0) is 37.5 Å². The Morgan fingerprint density at radius 2 is 2.22 bits per heavy atom. The van der Waals surface area contributed by atoms with Crippen LogP contribution in [0.5, 0.6) is 5.75 Å². The van der Waals surface area contributed by atoms with E-state index < -0.39 is 5.97 Å². The Hall–Kier alpha value is -2.32. The van der Waals surface area contributed by atoms with Gasteiger partial charge in [-0.3, -0.25) is 0 Å². The van der Waals surface area contributed by atoms with E-state index in [0.29, 0.717) is 29.5 Å². The molecule has 0 aliphatic carbocycles. The minimum Gasteiger partial charge on any atom is -0.491 e. The van der Waals surface area contributed by atoms with Gasteiger partial charge in [-0.25, -0.2) is 9.59 Å². The van der Waals surface area contributed by atoms with Crippen LogP contribution in [0.2, 0.25) is 0 Å². The molecule has 0 bridgehead atoms. The number of anilines is 1. The predicted octanol–water partition coefficient (Wildman–Crippen LogP) is 3.78. The van der Waals surface area contributed by atoms with E-state index in [-0.39, 0.29) is 12.1 Å². The van der Waals surface area contributed by atoms with Crippen LogP contribution in [0.1, 0.15) is 35.9 Å². The van der Waals surface area contributed by atoms with Crippen molar-refractivity contribution in [2.75, 3.05) is 32.2 Å². The highest BCUT2D eigenvalue weighted by Crippen LogP contribution is 2.39. The number of fused-ring (bicyclic) bond motifs is 1. The van der Waals surface area contributed by atoms with Crippen LogP contribution in [-0.4, -0.2) is 45.0 Å². The third-order valence-corrected chi connectivity index (χ3v) is 5.37. The second kappa shape index (κ2) is 9.05. The van der Waals surface area contributed by atoms with E-state index in [2.05, 4.69) is 10.6 Å². The Bertz CT molecular complexity index is 814. The molecule has 2 N–H and O–H groups in total. The summed E-state index contributed by atoms with van der Waals surface area (Å²) >= 11 is 1.32. The lowest BCUT2D eigenvalue weighted by Crippen LogP contribution is -2.34. The van der Waals surface area contributed by atoms with Gasteiger partial charge in [0.1, 0.15) is 0 Å². The van der Waals surface area contributed by atoms with Crippen LogP contribution in [0.3, 0.4) is 0 Å². The fourth-order valence-corrected chi connectivity index (χ4v) is 3.96. The molecule has 1 aromatic carbocycles. The van der Waals surface area contributed by atoms with Crippen molar-refractivity contribution in [3.05, 3.63) is 23.1 Å². The molecule has 3 rings (SSSR count). The summed E-state index contributed by atoms with van der Waals surface area (Å²) in [6.45, 7) is 3.74. The Labute approximate surface area is 162 Å². The zero-order valence-corrected chi connectivity index (χ0v) is 16.3. The highest BCUT2D eigenvalue weighted by Gasteiger charge is 2.21. The van der Waals surface area contributed by atoms with E-state index in [9.17, 15) is 9.59 Å². The molecule has 1 saturated heterocycles. The van der Waals surface area contributed by atoms with Crippen LogP contribution in [0.25, 0.3) is 10.1 Å². The maximum atomic E-state index is 12.1. The lowest BCUT2D eigenvalue weighted by molar-refractivity contribution is 0.0602. The number of hydrogen-bond donors (Lipinski definition) is 2. The van der Waals surface area contributed by atoms with E-state index >= 15 is 0 Å². The van der Waals surface area contributed by atoms with Crippen LogP contribution in [0, 0.1) is 0 Å². The minimum absolute atomic E-state index is 0.0896. The first kappa shape index (κ1) is 19.4. The summed E-state index contributed by atoms with van der Waals surface area (Å²) in [4.78, 5) is 24.6. The largest absolute Gasteiger partial charge is 0.491 e. The first-order valence-corrected chi connectivity index (χ1v) is 9.88. The number of amides is 2. The topological polar surface area (TPSA) is 85.9 Å². The van der Waals surface area contributed by atoms with Crippen LogP contribution in [0.4, 0.5) is 10.5 Å². The van der Waals surface area contributed by atoms with Crippen molar-refractivity contribution in [1.29, 1.82) is 0 Å². The molecule has 7 nitrogen and oxygen atoms in total. The van der Waals surface area contributed by atoms with E-state index in [4.69, 9.17) is 14.2 Å². The molecule has 1 fully saturated rings. The van der Waals surface area contributed by atoms with E-state index in [0.717, 1.165) is 36.0 Å². The Kier molecular flexibility index (Phi) is 6.52. The number of urea groups is 1. The van der Waals surface area contributed by atoms with Gasteiger partial charge in [-0.2, -0.15) is 0 Å². The molecule has 2 heterocycles. The molecule has 0 unspecified atom stereocenters. The third-order valence-electron chi connectivity index (χ3n) is 4.24. The fraction of sp³-hybridized carbons (Fsp3) is 0.474.